The molecule has 1 amide bonds. The summed E-state index contributed by atoms with van der Waals surface area (Å²) in [6, 6.07) is 16.7. The monoisotopic (exact) mass is 434 g/mol. The Morgan fingerprint density at radius 2 is 1.94 bits per heavy atom. The SMILES string of the molecule is Cc1nn(-c2ccc(N)c(Cl)c2)c(C)c1Cc1ccc(C(=O)NCc2ccco2)cc1. The van der Waals surface area contributed by atoms with E-state index in [1.165, 1.54) is 0 Å². The fourth-order valence-corrected chi connectivity index (χ4v) is 3.67. The van der Waals surface area contributed by atoms with Gasteiger partial charge in [0.2, 0.25) is 0 Å². The molecule has 0 spiro atoms. The zero-order valence-electron chi connectivity index (χ0n) is 17.4. The first-order valence-corrected chi connectivity index (χ1v) is 10.3. The van der Waals surface area contributed by atoms with Crippen molar-refractivity contribution in [2.24, 2.45) is 0 Å². The zero-order chi connectivity index (χ0) is 22.0. The summed E-state index contributed by atoms with van der Waals surface area (Å²) in [6.07, 6.45) is 2.30. The third-order valence-corrected chi connectivity index (χ3v) is 5.60. The Kier molecular flexibility index (Phi) is 5.82. The van der Waals surface area contributed by atoms with Gasteiger partial charge in [0.05, 0.1) is 34.9 Å². The molecule has 6 nitrogen and oxygen atoms in total. The Morgan fingerprint density at radius 1 is 1.16 bits per heavy atom. The fourth-order valence-electron chi connectivity index (χ4n) is 3.49. The third-order valence-electron chi connectivity index (χ3n) is 5.27. The second-order valence-corrected chi connectivity index (χ2v) is 7.81. The molecule has 0 saturated carbocycles. The van der Waals surface area contributed by atoms with Crippen LogP contribution in [0, 0.1) is 13.8 Å². The van der Waals surface area contributed by atoms with Crippen LogP contribution in [-0.2, 0) is 13.0 Å². The van der Waals surface area contributed by atoms with Gasteiger partial charge in [0, 0.05) is 23.2 Å². The highest BCUT2D eigenvalue weighted by molar-refractivity contribution is 6.33. The second kappa shape index (κ2) is 8.70. The van der Waals surface area contributed by atoms with Crippen LogP contribution in [0.5, 0.6) is 0 Å². The number of nitrogens with two attached hydrogens (primary N) is 1. The summed E-state index contributed by atoms with van der Waals surface area (Å²) in [5.41, 5.74) is 12.1. The Morgan fingerprint density at radius 3 is 2.61 bits per heavy atom. The molecule has 0 saturated heterocycles. The molecular formula is C24H23ClN4O2. The lowest BCUT2D eigenvalue weighted by Gasteiger charge is -2.08. The van der Waals surface area contributed by atoms with Crippen LogP contribution in [-0.4, -0.2) is 15.7 Å². The molecule has 0 aliphatic rings. The van der Waals surface area contributed by atoms with E-state index in [1.54, 1.807) is 18.4 Å². The molecule has 2 heterocycles. The molecule has 0 atom stereocenters. The molecule has 7 heteroatoms. The number of anilines is 1. The number of nitrogens with zero attached hydrogens (tertiary/aromatic N) is 2. The number of hydrogen-bond donors (Lipinski definition) is 2. The average Bonchev–Trinajstić information content (AvgIpc) is 3.38. The number of carbonyl (C=O) groups is 1. The van der Waals surface area contributed by atoms with Crippen molar-refractivity contribution in [3.05, 3.63) is 99.7 Å². The first kappa shape index (κ1) is 20.8. The van der Waals surface area contributed by atoms with E-state index in [4.69, 9.17) is 21.8 Å². The number of rotatable bonds is 6. The quantitative estimate of drug-likeness (QED) is 0.425. The lowest BCUT2D eigenvalue weighted by atomic mass is 10.0. The number of nitrogens with one attached hydrogen (secondary N) is 1. The smallest absolute Gasteiger partial charge is 0.251 e. The molecule has 0 radical (unpaired) electrons. The number of amides is 1. The van der Waals surface area contributed by atoms with E-state index < -0.39 is 0 Å². The molecule has 2 aromatic carbocycles. The molecule has 3 N–H and O–H groups in total. The molecule has 2 aromatic heterocycles. The van der Waals surface area contributed by atoms with Crippen LogP contribution in [0.15, 0.2) is 65.3 Å². The van der Waals surface area contributed by atoms with Gasteiger partial charge in [-0.1, -0.05) is 23.7 Å². The predicted molar refractivity (Wildman–Crippen MR) is 122 cm³/mol. The Balaban J connectivity index is 1.48. The van der Waals surface area contributed by atoms with E-state index in [-0.39, 0.29) is 5.91 Å². The van der Waals surface area contributed by atoms with Gasteiger partial charge >= 0.3 is 0 Å². The molecule has 0 bridgehead atoms. The Labute approximate surface area is 185 Å². The van der Waals surface area contributed by atoms with Crippen LogP contribution in [0.2, 0.25) is 5.02 Å². The molecule has 0 aliphatic carbocycles. The lowest BCUT2D eigenvalue weighted by Crippen LogP contribution is -2.22. The van der Waals surface area contributed by atoms with Crippen molar-refractivity contribution in [2.45, 2.75) is 26.8 Å². The highest BCUT2D eigenvalue weighted by Gasteiger charge is 2.14. The van der Waals surface area contributed by atoms with Gasteiger partial charge in [-0.2, -0.15) is 5.10 Å². The molecule has 158 valence electrons. The number of carbonyl (C=O) groups excluding carboxylic acids is 1. The summed E-state index contributed by atoms with van der Waals surface area (Å²) >= 11 is 6.18. The second-order valence-electron chi connectivity index (χ2n) is 7.40. The van der Waals surface area contributed by atoms with Gasteiger partial charge in [-0.15, -0.1) is 0 Å². The van der Waals surface area contributed by atoms with Crippen LogP contribution in [0.4, 0.5) is 5.69 Å². The van der Waals surface area contributed by atoms with Gasteiger partial charge in [-0.25, -0.2) is 4.68 Å². The Bertz CT molecular complexity index is 1210. The lowest BCUT2D eigenvalue weighted by molar-refractivity contribution is 0.0948. The number of furan rings is 1. The minimum Gasteiger partial charge on any atom is -0.467 e. The minimum absolute atomic E-state index is 0.136. The van der Waals surface area contributed by atoms with E-state index in [2.05, 4.69) is 10.4 Å². The van der Waals surface area contributed by atoms with E-state index >= 15 is 0 Å². The first-order valence-electron chi connectivity index (χ1n) is 9.92. The summed E-state index contributed by atoms with van der Waals surface area (Å²) in [7, 11) is 0. The van der Waals surface area contributed by atoms with Gasteiger partial charge in [0.1, 0.15) is 5.76 Å². The summed E-state index contributed by atoms with van der Waals surface area (Å²) in [5.74, 6) is 0.582. The number of nitrogen functional groups attached to an aromatic ring is 1. The summed E-state index contributed by atoms with van der Waals surface area (Å²) in [5, 5.41) is 8.05. The highest BCUT2D eigenvalue weighted by Crippen LogP contribution is 2.25. The predicted octanol–water partition coefficient (Wildman–Crippen LogP) is 4.84. The molecule has 4 rings (SSSR count). The summed E-state index contributed by atoms with van der Waals surface area (Å²) in [4.78, 5) is 12.3. The molecule has 4 aromatic rings. The van der Waals surface area contributed by atoms with Crippen molar-refractivity contribution in [2.75, 3.05) is 5.73 Å². The average molecular weight is 435 g/mol. The van der Waals surface area contributed by atoms with Crippen LogP contribution in [0.1, 0.15) is 38.6 Å². The van der Waals surface area contributed by atoms with Gasteiger partial charge in [-0.3, -0.25) is 4.79 Å². The van der Waals surface area contributed by atoms with Crippen LogP contribution < -0.4 is 11.1 Å². The van der Waals surface area contributed by atoms with Crippen LogP contribution >= 0.6 is 11.6 Å². The van der Waals surface area contributed by atoms with Crippen molar-refractivity contribution in [3.8, 4) is 5.69 Å². The van der Waals surface area contributed by atoms with Crippen molar-refractivity contribution in [1.29, 1.82) is 0 Å². The minimum atomic E-state index is -0.136. The fraction of sp³-hybridized carbons (Fsp3) is 0.167. The van der Waals surface area contributed by atoms with E-state index in [0.717, 1.165) is 34.0 Å². The molecule has 0 fully saturated rings. The number of benzene rings is 2. The summed E-state index contributed by atoms with van der Waals surface area (Å²) < 4.78 is 7.12. The van der Waals surface area contributed by atoms with Crippen molar-refractivity contribution in [3.63, 3.8) is 0 Å². The summed E-state index contributed by atoms with van der Waals surface area (Å²) in [6.45, 7) is 4.39. The largest absolute Gasteiger partial charge is 0.467 e. The van der Waals surface area contributed by atoms with Gasteiger partial charge in [0.15, 0.2) is 0 Å². The normalized spacial score (nSPS) is 10.9. The molecule has 31 heavy (non-hydrogen) atoms. The molecule has 0 unspecified atom stereocenters. The van der Waals surface area contributed by atoms with Crippen LogP contribution in [0.3, 0.4) is 0 Å². The van der Waals surface area contributed by atoms with Crippen molar-refractivity contribution in [1.82, 2.24) is 15.1 Å². The third kappa shape index (κ3) is 4.49. The maximum Gasteiger partial charge on any atom is 0.251 e. The van der Waals surface area contributed by atoms with Gasteiger partial charge in [-0.05, 0) is 61.9 Å². The van der Waals surface area contributed by atoms with Crippen molar-refractivity contribution >= 4 is 23.2 Å². The Hall–Kier alpha value is -3.51. The molecule has 0 aliphatic heterocycles. The van der Waals surface area contributed by atoms with Gasteiger partial charge < -0.3 is 15.5 Å². The van der Waals surface area contributed by atoms with E-state index in [9.17, 15) is 4.79 Å². The van der Waals surface area contributed by atoms with Crippen molar-refractivity contribution < 1.29 is 9.21 Å². The number of halogens is 1. The highest BCUT2D eigenvalue weighted by atomic mass is 35.5. The maximum atomic E-state index is 12.3. The van der Waals surface area contributed by atoms with Gasteiger partial charge in [0.25, 0.3) is 5.91 Å². The topological polar surface area (TPSA) is 86.1 Å². The zero-order valence-corrected chi connectivity index (χ0v) is 18.1. The van der Waals surface area contributed by atoms with E-state index in [0.29, 0.717) is 29.2 Å². The standard InChI is InChI=1S/C24H23ClN4O2/c1-15-21(16(2)29(28-15)19-9-10-23(26)22(25)13-19)12-17-5-7-18(8-6-17)24(30)27-14-20-4-3-11-31-20/h3-11,13H,12,14,26H2,1-2H3,(H,27,30). The first-order chi connectivity index (χ1) is 14.9. The molecular weight excluding hydrogens is 412 g/mol. The number of aryl methyl sites for hydroxylation is 1. The van der Waals surface area contributed by atoms with Crippen LogP contribution in [0.25, 0.3) is 5.69 Å². The van der Waals surface area contributed by atoms with E-state index in [1.807, 2.05) is 61.0 Å². The maximum absolute atomic E-state index is 12.3. The number of hydrogen-bond acceptors (Lipinski definition) is 4. The number of aromatic nitrogens is 2.